The summed E-state index contributed by atoms with van der Waals surface area (Å²) in [6.45, 7) is 1.01. The highest BCUT2D eigenvalue weighted by atomic mass is 79.9. The van der Waals surface area contributed by atoms with E-state index in [2.05, 4.69) is 15.9 Å². The first-order valence-electron chi connectivity index (χ1n) is 4.54. The molecular formula is C9H8BrClFNO4S. The molecule has 0 heterocycles. The number of anilines is 1. The normalized spacial score (nSPS) is 13.1. The highest BCUT2D eigenvalue weighted by Crippen LogP contribution is 2.32. The van der Waals surface area contributed by atoms with Crippen molar-refractivity contribution in [2.75, 3.05) is 4.72 Å². The van der Waals surface area contributed by atoms with Crippen molar-refractivity contribution in [2.24, 2.45) is 0 Å². The molecule has 1 atom stereocenters. The molecule has 0 aromatic heterocycles. The summed E-state index contributed by atoms with van der Waals surface area (Å²) in [7, 11) is -4.16. The van der Waals surface area contributed by atoms with Crippen LogP contribution in [0.2, 0.25) is 5.02 Å². The first-order chi connectivity index (χ1) is 8.15. The zero-order chi connectivity index (χ0) is 14.1. The second-order valence-electron chi connectivity index (χ2n) is 3.37. The second-order valence-corrected chi connectivity index (χ2v) is 6.63. The van der Waals surface area contributed by atoms with E-state index in [4.69, 9.17) is 16.7 Å². The van der Waals surface area contributed by atoms with Gasteiger partial charge in [-0.3, -0.25) is 9.52 Å². The molecule has 1 rings (SSSR count). The SMILES string of the molecule is CC(C(=O)O)S(=O)(=O)Nc1c(Cl)cc(F)cc1Br. The zero-order valence-electron chi connectivity index (χ0n) is 8.95. The lowest BCUT2D eigenvalue weighted by Crippen LogP contribution is -2.32. The molecule has 0 saturated heterocycles. The summed E-state index contributed by atoms with van der Waals surface area (Å²) < 4.78 is 38.4. The molecule has 100 valence electrons. The number of benzene rings is 1. The van der Waals surface area contributed by atoms with Gasteiger partial charge in [0, 0.05) is 4.47 Å². The molecule has 0 aliphatic carbocycles. The highest BCUT2D eigenvalue weighted by molar-refractivity contribution is 9.10. The summed E-state index contributed by atoms with van der Waals surface area (Å²) in [6, 6.07) is 1.92. The van der Waals surface area contributed by atoms with Crippen LogP contribution in [0.3, 0.4) is 0 Å². The maximum Gasteiger partial charge on any atom is 0.323 e. The van der Waals surface area contributed by atoms with Gasteiger partial charge in [-0.1, -0.05) is 11.6 Å². The summed E-state index contributed by atoms with van der Waals surface area (Å²) in [6.07, 6.45) is 0. The smallest absolute Gasteiger partial charge is 0.323 e. The van der Waals surface area contributed by atoms with Crippen molar-refractivity contribution in [3.05, 3.63) is 27.4 Å². The average molecular weight is 361 g/mol. The fourth-order valence-corrected chi connectivity index (χ4v) is 3.04. The first-order valence-corrected chi connectivity index (χ1v) is 7.26. The molecule has 0 aliphatic rings. The molecule has 1 aromatic rings. The molecule has 1 aromatic carbocycles. The van der Waals surface area contributed by atoms with Crippen molar-refractivity contribution in [2.45, 2.75) is 12.2 Å². The van der Waals surface area contributed by atoms with Gasteiger partial charge in [0.2, 0.25) is 10.0 Å². The summed E-state index contributed by atoms with van der Waals surface area (Å²) in [4.78, 5) is 10.6. The Kier molecular flexibility index (Phi) is 4.57. The molecule has 9 heteroatoms. The predicted molar refractivity (Wildman–Crippen MR) is 68.8 cm³/mol. The molecule has 18 heavy (non-hydrogen) atoms. The average Bonchev–Trinajstić information content (AvgIpc) is 2.22. The summed E-state index contributed by atoms with van der Waals surface area (Å²) in [5, 5.41) is 6.82. The van der Waals surface area contributed by atoms with Crippen LogP contribution in [-0.4, -0.2) is 24.7 Å². The van der Waals surface area contributed by atoms with E-state index in [1.165, 1.54) is 0 Å². The van der Waals surface area contributed by atoms with E-state index in [1.54, 1.807) is 0 Å². The van der Waals surface area contributed by atoms with Crippen molar-refractivity contribution >= 4 is 49.2 Å². The number of sulfonamides is 1. The van der Waals surface area contributed by atoms with Crippen molar-refractivity contribution in [1.29, 1.82) is 0 Å². The third-order valence-corrected chi connectivity index (χ3v) is 4.61. The molecule has 2 N–H and O–H groups in total. The van der Waals surface area contributed by atoms with Gasteiger partial charge < -0.3 is 5.11 Å². The number of hydrogen-bond acceptors (Lipinski definition) is 3. The Morgan fingerprint density at radius 3 is 2.56 bits per heavy atom. The summed E-state index contributed by atoms with van der Waals surface area (Å²) in [5.74, 6) is -2.15. The van der Waals surface area contributed by atoms with Crippen LogP contribution in [0.4, 0.5) is 10.1 Å². The number of hydrogen-bond donors (Lipinski definition) is 2. The van der Waals surface area contributed by atoms with E-state index in [-0.39, 0.29) is 15.2 Å². The van der Waals surface area contributed by atoms with Gasteiger partial charge in [-0.15, -0.1) is 0 Å². The van der Waals surface area contributed by atoms with Crippen molar-refractivity contribution in [1.82, 2.24) is 0 Å². The lowest BCUT2D eigenvalue weighted by molar-refractivity contribution is -0.136. The van der Waals surface area contributed by atoms with E-state index in [1.807, 2.05) is 4.72 Å². The Hall–Kier alpha value is -0.860. The van der Waals surface area contributed by atoms with Crippen LogP contribution in [0.25, 0.3) is 0 Å². The number of carbonyl (C=O) groups is 1. The number of nitrogens with one attached hydrogen (secondary N) is 1. The van der Waals surface area contributed by atoms with Crippen LogP contribution in [0, 0.1) is 5.82 Å². The Morgan fingerprint density at radius 2 is 2.11 bits per heavy atom. The Labute approximate surface area is 116 Å². The number of rotatable bonds is 4. The monoisotopic (exact) mass is 359 g/mol. The molecule has 0 saturated carbocycles. The number of carboxylic acids is 1. The maximum atomic E-state index is 12.9. The van der Waals surface area contributed by atoms with E-state index < -0.39 is 27.1 Å². The van der Waals surface area contributed by atoms with E-state index in [0.717, 1.165) is 19.1 Å². The first kappa shape index (κ1) is 15.2. The molecule has 0 bridgehead atoms. The molecule has 5 nitrogen and oxygen atoms in total. The van der Waals surface area contributed by atoms with Gasteiger partial charge in [-0.25, -0.2) is 12.8 Å². The number of halogens is 3. The van der Waals surface area contributed by atoms with Crippen LogP contribution in [-0.2, 0) is 14.8 Å². The predicted octanol–water partition coefficient (Wildman–Crippen LogP) is 2.46. The van der Waals surface area contributed by atoms with Gasteiger partial charge in [0.1, 0.15) is 5.82 Å². The minimum absolute atomic E-state index is 0.0775. The topological polar surface area (TPSA) is 83.5 Å². The molecule has 0 amide bonds. The Morgan fingerprint density at radius 1 is 1.56 bits per heavy atom. The third-order valence-electron chi connectivity index (χ3n) is 2.06. The Balaban J connectivity index is 3.17. The van der Waals surface area contributed by atoms with Crippen molar-refractivity contribution in [3.8, 4) is 0 Å². The molecule has 0 aliphatic heterocycles. The molecule has 0 spiro atoms. The quantitative estimate of drug-likeness (QED) is 0.864. The van der Waals surface area contributed by atoms with Gasteiger partial charge >= 0.3 is 5.97 Å². The van der Waals surface area contributed by atoms with Crippen molar-refractivity contribution < 1.29 is 22.7 Å². The van der Waals surface area contributed by atoms with Crippen LogP contribution < -0.4 is 4.72 Å². The fourth-order valence-electron chi connectivity index (χ4n) is 1.00. The van der Waals surface area contributed by atoms with Gasteiger partial charge in [-0.2, -0.15) is 0 Å². The zero-order valence-corrected chi connectivity index (χ0v) is 12.1. The fraction of sp³-hybridized carbons (Fsp3) is 0.222. The van der Waals surface area contributed by atoms with E-state index in [9.17, 15) is 17.6 Å². The van der Waals surface area contributed by atoms with E-state index in [0.29, 0.717) is 0 Å². The molecular weight excluding hydrogens is 353 g/mol. The third kappa shape index (κ3) is 3.33. The standard InChI is InChI=1S/C9H8BrClFNO4S/c1-4(9(14)15)18(16,17)13-8-6(10)2-5(12)3-7(8)11/h2-4,13H,1H3,(H,14,15). The highest BCUT2D eigenvalue weighted by Gasteiger charge is 2.28. The Bertz CT molecular complexity index is 569. The van der Waals surface area contributed by atoms with Gasteiger partial charge in [-0.05, 0) is 35.0 Å². The summed E-state index contributed by atoms with van der Waals surface area (Å²) in [5.41, 5.74) is -0.105. The van der Waals surface area contributed by atoms with Crippen molar-refractivity contribution in [3.63, 3.8) is 0 Å². The van der Waals surface area contributed by atoms with Gasteiger partial charge in [0.05, 0.1) is 10.7 Å². The number of aliphatic carboxylic acids is 1. The molecule has 1 unspecified atom stereocenters. The van der Waals surface area contributed by atoms with Crippen LogP contribution in [0.5, 0.6) is 0 Å². The van der Waals surface area contributed by atoms with Crippen LogP contribution in [0.15, 0.2) is 16.6 Å². The number of carboxylic acid groups (broad SMARTS) is 1. The van der Waals surface area contributed by atoms with E-state index >= 15 is 0 Å². The minimum atomic E-state index is -4.16. The second kappa shape index (κ2) is 5.41. The maximum absolute atomic E-state index is 12.9. The lowest BCUT2D eigenvalue weighted by Gasteiger charge is -2.13. The van der Waals surface area contributed by atoms with Crippen LogP contribution >= 0.6 is 27.5 Å². The molecule has 0 radical (unpaired) electrons. The minimum Gasteiger partial charge on any atom is -0.480 e. The van der Waals surface area contributed by atoms with Gasteiger partial charge in [0.25, 0.3) is 0 Å². The van der Waals surface area contributed by atoms with Gasteiger partial charge in [0.15, 0.2) is 5.25 Å². The lowest BCUT2D eigenvalue weighted by atomic mass is 10.3. The summed E-state index contributed by atoms with van der Waals surface area (Å²) >= 11 is 8.62. The molecule has 0 fully saturated rings. The van der Waals surface area contributed by atoms with Crippen LogP contribution in [0.1, 0.15) is 6.92 Å². The largest absolute Gasteiger partial charge is 0.480 e.